The summed E-state index contributed by atoms with van der Waals surface area (Å²) in [6.45, 7) is 1.59. The highest BCUT2D eigenvalue weighted by molar-refractivity contribution is 7.91. The summed E-state index contributed by atoms with van der Waals surface area (Å²) in [7, 11) is -3.28. The summed E-state index contributed by atoms with van der Waals surface area (Å²) < 4.78 is 29.3. The monoisotopic (exact) mass is 407 g/mol. The molecule has 0 radical (unpaired) electrons. The van der Waals surface area contributed by atoms with Crippen molar-refractivity contribution >= 4 is 32.5 Å². The predicted molar refractivity (Wildman–Crippen MR) is 109 cm³/mol. The van der Waals surface area contributed by atoms with Crippen LogP contribution in [-0.2, 0) is 9.84 Å². The summed E-state index contributed by atoms with van der Waals surface area (Å²) >= 11 is 0. The number of carbonyl (C=O) groups excluding carboxylic acids is 1. The van der Waals surface area contributed by atoms with Crippen LogP contribution < -0.4 is 5.32 Å². The number of nitrogens with one attached hydrogen (secondary N) is 1. The fourth-order valence-electron chi connectivity index (χ4n) is 2.86. The van der Waals surface area contributed by atoms with Gasteiger partial charge in [0.2, 0.25) is 5.89 Å². The number of nitrogens with zero attached hydrogens (tertiary/aromatic N) is 2. The number of fused-ring (bicyclic) bond motifs is 1. The third-order valence-corrected chi connectivity index (χ3v) is 6.25. The van der Waals surface area contributed by atoms with Gasteiger partial charge in [-0.1, -0.05) is 42.4 Å². The fraction of sp³-hybridized carbons (Fsp3) is 0.0952. The molecule has 0 atom stereocenters. The summed E-state index contributed by atoms with van der Waals surface area (Å²) in [5, 5.41) is 12.3. The second-order valence-corrected chi connectivity index (χ2v) is 8.63. The van der Waals surface area contributed by atoms with Crippen LogP contribution in [0.15, 0.2) is 76.0 Å². The molecule has 7 nitrogen and oxygen atoms in total. The van der Waals surface area contributed by atoms with Gasteiger partial charge in [-0.05, 0) is 47.2 Å². The average molecular weight is 407 g/mol. The highest BCUT2D eigenvalue weighted by Gasteiger charge is 2.15. The maximum atomic E-state index is 12.5. The quantitative estimate of drug-likeness (QED) is 0.538. The van der Waals surface area contributed by atoms with Gasteiger partial charge in [0, 0.05) is 11.1 Å². The Labute approximate surface area is 167 Å². The Morgan fingerprint density at radius 3 is 2.41 bits per heavy atom. The number of hydrogen-bond acceptors (Lipinski definition) is 6. The van der Waals surface area contributed by atoms with Gasteiger partial charge in [-0.3, -0.25) is 10.1 Å². The van der Waals surface area contributed by atoms with E-state index in [2.05, 4.69) is 15.5 Å². The van der Waals surface area contributed by atoms with Crippen molar-refractivity contribution < 1.29 is 17.6 Å². The molecule has 0 spiro atoms. The zero-order chi connectivity index (χ0) is 20.4. The number of aromatic nitrogens is 2. The molecule has 0 saturated heterocycles. The van der Waals surface area contributed by atoms with Crippen molar-refractivity contribution in [2.24, 2.45) is 0 Å². The Hall–Kier alpha value is -3.52. The largest absolute Gasteiger partial charge is 0.403 e. The Morgan fingerprint density at radius 2 is 1.69 bits per heavy atom. The van der Waals surface area contributed by atoms with Crippen LogP contribution in [0.25, 0.3) is 22.2 Å². The number of benzene rings is 3. The van der Waals surface area contributed by atoms with Gasteiger partial charge >= 0.3 is 6.01 Å². The summed E-state index contributed by atoms with van der Waals surface area (Å²) in [4.78, 5) is 12.7. The van der Waals surface area contributed by atoms with Gasteiger partial charge in [-0.15, -0.1) is 5.10 Å². The van der Waals surface area contributed by atoms with E-state index in [1.807, 2.05) is 30.3 Å². The lowest BCUT2D eigenvalue weighted by atomic mass is 10.1. The number of hydrogen-bond donors (Lipinski definition) is 1. The van der Waals surface area contributed by atoms with E-state index in [-0.39, 0.29) is 28.5 Å². The molecule has 3 aromatic carbocycles. The smallest absolute Gasteiger partial charge is 0.322 e. The molecule has 1 amide bonds. The molecule has 1 heterocycles. The number of sulfone groups is 1. The molecule has 29 heavy (non-hydrogen) atoms. The van der Waals surface area contributed by atoms with E-state index in [1.165, 1.54) is 12.1 Å². The minimum atomic E-state index is -3.28. The van der Waals surface area contributed by atoms with Gasteiger partial charge in [0.25, 0.3) is 5.91 Å². The summed E-state index contributed by atoms with van der Waals surface area (Å²) in [6.07, 6.45) is 0. The number of amides is 1. The normalized spacial score (nSPS) is 11.5. The topological polar surface area (TPSA) is 102 Å². The molecule has 0 fully saturated rings. The molecular formula is C21H17N3O4S. The van der Waals surface area contributed by atoms with Gasteiger partial charge in [-0.25, -0.2) is 8.42 Å². The SMILES string of the molecule is CCS(=O)(=O)c1ccc(-c2nnc(NC(=O)c3ccc4ccccc4c3)o2)cc1. The van der Waals surface area contributed by atoms with Crippen molar-refractivity contribution in [3.8, 4) is 11.5 Å². The lowest BCUT2D eigenvalue weighted by molar-refractivity contribution is 0.102. The van der Waals surface area contributed by atoms with Crippen LogP contribution in [0.3, 0.4) is 0 Å². The van der Waals surface area contributed by atoms with E-state index in [1.54, 1.807) is 31.2 Å². The molecule has 4 aromatic rings. The minimum absolute atomic E-state index is 0.0257. The number of rotatable bonds is 5. The van der Waals surface area contributed by atoms with Crippen molar-refractivity contribution in [2.75, 3.05) is 11.1 Å². The third kappa shape index (κ3) is 3.88. The van der Waals surface area contributed by atoms with E-state index in [4.69, 9.17) is 4.42 Å². The molecule has 0 saturated carbocycles. The second kappa shape index (κ2) is 7.48. The highest BCUT2D eigenvalue weighted by atomic mass is 32.2. The fourth-order valence-corrected chi connectivity index (χ4v) is 3.75. The van der Waals surface area contributed by atoms with Gasteiger partial charge in [-0.2, -0.15) is 0 Å². The predicted octanol–water partition coefficient (Wildman–Crippen LogP) is 3.94. The standard InChI is InChI=1S/C21H17N3O4S/c1-2-29(26,27)18-11-9-15(10-12-18)20-23-24-21(28-20)22-19(25)17-8-7-14-5-3-4-6-16(14)13-17/h3-13H,2H2,1H3,(H,22,24,25). The lowest BCUT2D eigenvalue weighted by Gasteiger charge is -2.03. The summed E-state index contributed by atoms with van der Waals surface area (Å²) in [5.74, 6) is -0.160. The zero-order valence-corrected chi connectivity index (χ0v) is 16.3. The Bertz CT molecular complexity index is 1300. The summed E-state index contributed by atoms with van der Waals surface area (Å²) in [5.41, 5.74) is 1.02. The maximum Gasteiger partial charge on any atom is 0.322 e. The molecule has 0 aliphatic rings. The minimum Gasteiger partial charge on any atom is -0.403 e. The number of anilines is 1. The molecule has 0 bridgehead atoms. The van der Waals surface area contributed by atoms with Crippen molar-refractivity contribution in [3.63, 3.8) is 0 Å². The first kappa shape index (κ1) is 18.8. The van der Waals surface area contributed by atoms with Crippen LogP contribution in [0, 0.1) is 0 Å². The molecular weight excluding hydrogens is 390 g/mol. The van der Waals surface area contributed by atoms with Crippen LogP contribution >= 0.6 is 0 Å². The molecule has 0 aliphatic carbocycles. The molecule has 1 aromatic heterocycles. The van der Waals surface area contributed by atoms with Gasteiger partial charge in [0.05, 0.1) is 10.6 Å². The first-order chi connectivity index (χ1) is 14.0. The zero-order valence-electron chi connectivity index (χ0n) is 15.5. The maximum absolute atomic E-state index is 12.5. The first-order valence-electron chi connectivity index (χ1n) is 8.93. The van der Waals surface area contributed by atoms with Gasteiger partial charge in [0.15, 0.2) is 9.84 Å². The van der Waals surface area contributed by atoms with E-state index >= 15 is 0 Å². The molecule has 146 valence electrons. The third-order valence-electron chi connectivity index (χ3n) is 4.50. The van der Waals surface area contributed by atoms with Gasteiger partial charge < -0.3 is 4.42 Å². The molecule has 0 aliphatic heterocycles. The molecule has 1 N–H and O–H groups in total. The van der Waals surface area contributed by atoms with Crippen molar-refractivity contribution in [1.29, 1.82) is 0 Å². The van der Waals surface area contributed by atoms with Crippen LogP contribution in [0.4, 0.5) is 6.01 Å². The van der Waals surface area contributed by atoms with E-state index in [9.17, 15) is 13.2 Å². The van der Waals surface area contributed by atoms with Crippen molar-refractivity contribution in [2.45, 2.75) is 11.8 Å². The first-order valence-corrected chi connectivity index (χ1v) is 10.6. The summed E-state index contributed by atoms with van der Waals surface area (Å²) in [6, 6.07) is 19.2. The van der Waals surface area contributed by atoms with Crippen LogP contribution in [0.5, 0.6) is 0 Å². The van der Waals surface area contributed by atoms with Crippen molar-refractivity contribution in [3.05, 3.63) is 72.3 Å². The van der Waals surface area contributed by atoms with E-state index in [0.717, 1.165) is 10.8 Å². The lowest BCUT2D eigenvalue weighted by Crippen LogP contribution is -2.12. The Morgan fingerprint density at radius 1 is 0.966 bits per heavy atom. The molecule has 4 rings (SSSR count). The molecule has 8 heteroatoms. The second-order valence-electron chi connectivity index (χ2n) is 6.36. The van der Waals surface area contributed by atoms with E-state index in [0.29, 0.717) is 11.1 Å². The van der Waals surface area contributed by atoms with E-state index < -0.39 is 9.84 Å². The Balaban J connectivity index is 1.52. The number of carbonyl (C=O) groups is 1. The van der Waals surface area contributed by atoms with Gasteiger partial charge in [0.1, 0.15) is 0 Å². The van der Waals surface area contributed by atoms with Crippen LogP contribution in [0.1, 0.15) is 17.3 Å². The highest BCUT2D eigenvalue weighted by Crippen LogP contribution is 2.23. The van der Waals surface area contributed by atoms with Crippen LogP contribution in [0.2, 0.25) is 0 Å². The van der Waals surface area contributed by atoms with Crippen LogP contribution in [-0.4, -0.2) is 30.3 Å². The molecule has 0 unspecified atom stereocenters. The average Bonchev–Trinajstić information content (AvgIpc) is 3.22. The Kier molecular flexibility index (Phi) is 4.85. The van der Waals surface area contributed by atoms with Crippen molar-refractivity contribution in [1.82, 2.24) is 10.2 Å².